The Hall–Kier alpha value is -0.450. The van der Waals surface area contributed by atoms with E-state index < -0.39 is 0 Å². The Bertz CT molecular complexity index is 423. The zero-order chi connectivity index (χ0) is 13.7. The highest BCUT2D eigenvalue weighted by Crippen LogP contribution is 2.27. The molecule has 0 saturated carbocycles. The molecule has 1 unspecified atom stereocenters. The second-order valence-corrected chi connectivity index (χ2v) is 5.94. The van der Waals surface area contributed by atoms with E-state index in [0.29, 0.717) is 16.1 Å². The third-order valence-corrected chi connectivity index (χ3v) is 4.16. The SMILES string of the molecule is CCC(CSC)N(C)c1cc(Cl)ccc1C(N)=S. The summed E-state index contributed by atoms with van der Waals surface area (Å²) in [5, 5.41) is 0.704. The number of rotatable bonds is 6. The first-order valence-corrected chi connectivity index (χ1v) is 8.00. The van der Waals surface area contributed by atoms with E-state index in [1.54, 1.807) is 0 Å². The number of halogens is 1. The second-order valence-electron chi connectivity index (χ2n) is 4.15. The van der Waals surface area contributed by atoms with E-state index in [9.17, 15) is 0 Å². The Morgan fingerprint density at radius 2 is 2.22 bits per heavy atom. The van der Waals surface area contributed by atoms with Gasteiger partial charge in [0.05, 0.1) is 0 Å². The minimum Gasteiger partial charge on any atom is -0.389 e. The summed E-state index contributed by atoms with van der Waals surface area (Å²) >= 11 is 13.0. The summed E-state index contributed by atoms with van der Waals surface area (Å²) < 4.78 is 0. The summed E-state index contributed by atoms with van der Waals surface area (Å²) in [4.78, 5) is 2.63. The number of nitrogens with two attached hydrogens (primary N) is 1. The van der Waals surface area contributed by atoms with Gasteiger partial charge in [0.1, 0.15) is 4.99 Å². The third-order valence-electron chi connectivity index (χ3n) is 2.98. The van der Waals surface area contributed by atoms with Gasteiger partial charge < -0.3 is 10.6 Å². The van der Waals surface area contributed by atoms with Crippen molar-refractivity contribution in [3.05, 3.63) is 28.8 Å². The number of hydrogen-bond acceptors (Lipinski definition) is 3. The molecule has 18 heavy (non-hydrogen) atoms. The lowest BCUT2D eigenvalue weighted by atomic mass is 10.1. The van der Waals surface area contributed by atoms with Crippen molar-refractivity contribution in [2.45, 2.75) is 19.4 Å². The summed E-state index contributed by atoms with van der Waals surface area (Å²) in [6, 6.07) is 6.09. The molecule has 0 aliphatic carbocycles. The average molecular weight is 303 g/mol. The first-order chi connectivity index (χ1) is 8.51. The predicted molar refractivity (Wildman–Crippen MR) is 88.2 cm³/mol. The van der Waals surface area contributed by atoms with Crippen LogP contribution in [0, 0.1) is 0 Å². The molecular weight excluding hydrogens is 284 g/mol. The van der Waals surface area contributed by atoms with Crippen LogP contribution in [-0.2, 0) is 0 Å². The lowest BCUT2D eigenvalue weighted by Gasteiger charge is -2.30. The average Bonchev–Trinajstić information content (AvgIpc) is 2.34. The molecule has 0 fully saturated rings. The van der Waals surface area contributed by atoms with Gasteiger partial charge in [0.25, 0.3) is 0 Å². The molecule has 0 radical (unpaired) electrons. The molecule has 2 N–H and O–H groups in total. The highest BCUT2D eigenvalue weighted by molar-refractivity contribution is 7.98. The van der Waals surface area contributed by atoms with Gasteiger partial charge in [0, 0.05) is 35.1 Å². The quantitative estimate of drug-likeness (QED) is 0.814. The Labute approximate surface area is 124 Å². The van der Waals surface area contributed by atoms with Crippen LogP contribution in [0.15, 0.2) is 18.2 Å². The molecule has 0 heterocycles. The van der Waals surface area contributed by atoms with Crippen molar-refractivity contribution in [3.8, 4) is 0 Å². The molecule has 0 amide bonds. The van der Waals surface area contributed by atoms with Crippen molar-refractivity contribution >= 4 is 46.3 Å². The van der Waals surface area contributed by atoms with E-state index in [1.165, 1.54) is 0 Å². The van der Waals surface area contributed by atoms with Gasteiger partial charge in [-0.15, -0.1) is 0 Å². The summed E-state index contributed by atoms with van der Waals surface area (Å²) in [6.07, 6.45) is 3.18. The molecule has 1 aromatic carbocycles. The summed E-state index contributed by atoms with van der Waals surface area (Å²) in [5.74, 6) is 1.07. The molecular formula is C13H19ClN2S2. The van der Waals surface area contributed by atoms with Gasteiger partial charge in [-0.2, -0.15) is 11.8 Å². The maximum atomic E-state index is 6.07. The van der Waals surface area contributed by atoms with E-state index in [-0.39, 0.29) is 0 Å². The van der Waals surface area contributed by atoms with Crippen LogP contribution < -0.4 is 10.6 Å². The zero-order valence-corrected chi connectivity index (χ0v) is 13.3. The standard InChI is InChI=1S/C13H19ClN2S2/c1-4-10(8-18-3)16(2)12-7-9(14)5-6-11(12)13(15)17/h5-7,10H,4,8H2,1-3H3,(H2,15,17). The largest absolute Gasteiger partial charge is 0.389 e. The first-order valence-electron chi connectivity index (χ1n) is 5.82. The number of thioether (sulfide) groups is 1. The topological polar surface area (TPSA) is 29.3 Å². The molecule has 1 rings (SSSR count). The highest BCUT2D eigenvalue weighted by atomic mass is 35.5. The summed E-state index contributed by atoms with van der Waals surface area (Å²) in [5.41, 5.74) is 7.67. The number of anilines is 1. The van der Waals surface area contributed by atoms with Crippen molar-refractivity contribution in [1.29, 1.82) is 0 Å². The fraction of sp³-hybridized carbons (Fsp3) is 0.462. The van der Waals surface area contributed by atoms with Gasteiger partial charge in [-0.05, 0) is 30.9 Å². The smallest absolute Gasteiger partial charge is 0.106 e. The lowest BCUT2D eigenvalue weighted by Crippen LogP contribution is -2.34. The zero-order valence-electron chi connectivity index (χ0n) is 10.9. The van der Waals surface area contributed by atoms with Crippen LogP contribution in [0.25, 0.3) is 0 Å². The van der Waals surface area contributed by atoms with Crippen molar-refractivity contribution < 1.29 is 0 Å². The van der Waals surface area contributed by atoms with Crippen LogP contribution in [0.4, 0.5) is 5.69 Å². The first kappa shape index (κ1) is 15.6. The molecule has 0 aliphatic heterocycles. The Morgan fingerprint density at radius 1 is 1.56 bits per heavy atom. The van der Waals surface area contributed by atoms with E-state index in [2.05, 4.69) is 25.1 Å². The Morgan fingerprint density at radius 3 is 2.72 bits per heavy atom. The number of benzene rings is 1. The minimum atomic E-state index is 0.410. The molecule has 0 bridgehead atoms. The molecule has 0 saturated heterocycles. The van der Waals surface area contributed by atoms with Crippen molar-refractivity contribution in [2.75, 3.05) is 24.0 Å². The van der Waals surface area contributed by atoms with Crippen LogP contribution in [0.3, 0.4) is 0 Å². The normalized spacial score (nSPS) is 12.2. The van der Waals surface area contributed by atoms with Gasteiger partial charge in [0.15, 0.2) is 0 Å². The van der Waals surface area contributed by atoms with E-state index in [4.69, 9.17) is 29.6 Å². The second kappa shape index (κ2) is 7.22. The minimum absolute atomic E-state index is 0.410. The van der Waals surface area contributed by atoms with Gasteiger partial charge >= 0.3 is 0 Å². The molecule has 0 aliphatic rings. The maximum absolute atomic E-state index is 6.07. The lowest BCUT2D eigenvalue weighted by molar-refractivity contribution is 0.673. The predicted octanol–water partition coefficient (Wildman–Crippen LogP) is 3.55. The van der Waals surface area contributed by atoms with Crippen LogP contribution in [0.1, 0.15) is 18.9 Å². The summed E-state index contributed by atoms with van der Waals surface area (Å²) in [6.45, 7) is 2.18. The van der Waals surface area contributed by atoms with Gasteiger partial charge in [-0.1, -0.05) is 30.7 Å². The molecule has 1 atom stereocenters. The van der Waals surface area contributed by atoms with E-state index in [0.717, 1.165) is 23.4 Å². The third kappa shape index (κ3) is 3.77. The Balaban J connectivity index is 3.13. The molecule has 100 valence electrons. The number of thiocarbonyl (C=S) groups is 1. The van der Waals surface area contributed by atoms with Crippen LogP contribution >= 0.6 is 35.6 Å². The maximum Gasteiger partial charge on any atom is 0.106 e. The molecule has 5 heteroatoms. The Kier molecular flexibility index (Phi) is 6.26. The molecule has 2 nitrogen and oxygen atoms in total. The van der Waals surface area contributed by atoms with Gasteiger partial charge in [-0.3, -0.25) is 0 Å². The molecule has 0 aromatic heterocycles. The van der Waals surface area contributed by atoms with Crippen LogP contribution in [0.2, 0.25) is 5.02 Å². The van der Waals surface area contributed by atoms with E-state index >= 15 is 0 Å². The van der Waals surface area contributed by atoms with Gasteiger partial charge in [0.2, 0.25) is 0 Å². The van der Waals surface area contributed by atoms with Crippen molar-refractivity contribution in [1.82, 2.24) is 0 Å². The highest BCUT2D eigenvalue weighted by Gasteiger charge is 2.17. The number of hydrogen-bond donors (Lipinski definition) is 1. The van der Waals surface area contributed by atoms with Crippen LogP contribution in [-0.4, -0.2) is 30.1 Å². The summed E-state index contributed by atoms with van der Waals surface area (Å²) in [7, 11) is 2.07. The molecule has 1 aromatic rings. The van der Waals surface area contributed by atoms with Crippen molar-refractivity contribution in [2.24, 2.45) is 5.73 Å². The van der Waals surface area contributed by atoms with Gasteiger partial charge in [-0.25, -0.2) is 0 Å². The van der Waals surface area contributed by atoms with Crippen molar-refractivity contribution in [3.63, 3.8) is 0 Å². The van der Waals surface area contributed by atoms with Crippen LogP contribution in [0.5, 0.6) is 0 Å². The molecule has 0 spiro atoms. The fourth-order valence-electron chi connectivity index (χ4n) is 1.90. The number of nitrogens with zero attached hydrogens (tertiary/aromatic N) is 1. The van der Waals surface area contributed by atoms with E-state index in [1.807, 2.05) is 30.0 Å². The monoisotopic (exact) mass is 302 g/mol. The fourth-order valence-corrected chi connectivity index (χ4v) is 3.08.